The van der Waals surface area contributed by atoms with Gasteiger partial charge in [0.2, 0.25) is 0 Å². The highest BCUT2D eigenvalue weighted by Crippen LogP contribution is 2.36. The summed E-state index contributed by atoms with van der Waals surface area (Å²) in [7, 11) is 0. The van der Waals surface area contributed by atoms with Crippen molar-refractivity contribution in [2.24, 2.45) is 0 Å². The summed E-state index contributed by atoms with van der Waals surface area (Å²) in [5.41, 5.74) is 7.53. The van der Waals surface area contributed by atoms with E-state index in [1.807, 2.05) is 0 Å². The predicted octanol–water partition coefficient (Wildman–Crippen LogP) is 7.66. The second-order valence-corrected chi connectivity index (χ2v) is 9.82. The molecule has 4 aromatic rings. The number of rotatable bonds is 2. The lowest BCUT2D eigenvalue weighted by atomic mass is 9.80. The zero-order chi connectivity index (χ0) is 20.1. The average molecular weight is 371 g/mol. The normalized spacial score (nSPS) is 12.6. The number of fused-ring (bicyclic) bond motifs is 3. The number of para-hydroxylation sites is 1. The van der Waals surface area contributed by atoms with Crippen LogP contribution in [0.25, 0.3) is 21.8 Å². The van der Waals surface area contributed by atoms with Gasteiger partial charge in [-0.25, -0.2) is 0 Å². The molecule has 0 spiro atoms. The molecule has 3 aromatic carbocycles. The maximum absolute atomic E-state index is 3.73. The minimum Gasteiger partial charge on any atom is -0.355 e. The van der Waals surface area contributed by atoms with E-state index in [9.17, 15) is 0 Å². The van der Waals surface area contributed by atoms with E-state index >= 15 is 0 Å². The minimum absolute atomic E-state index is 0.102. The van der Waals surface area contributed by atoms with Gasteiger partial charge in [0.25, 0.3) is 0 Å². The zero-order valence-electron chi connectivity index (χ0n) is 17.8. The topological polar surface area (TPSA) is 27.8 Å². The van der Waals surface area contributed by atoms with E-state index in [1.54, 1.807) is 0 Å². The molecule has 0 bridgehead atoms. The molecule has 0 aliphatic rings. The van der Waals surface area contributed by atoms with Crippen molar-refractivity contribution in [1.29, 1.82) is 0 Å². The SMILES string of the molecule is CC(C)(C)c1cc(Nc2cccc3[nH]c4ccccc4c23)cc(C(C)(C)C)c1. The molecule has 0 radical (unpaired) electrons. The lowest BCUT2D eigenvalue weighted by Gasteiger charge is -2.26. The van der Waals surface area contributed by atoms with Crippen molar-refractivity contribution in [3.05, 3.63) is 71.8 Å². The van der Waals surface area contributed by atoms with Crippen LogP contribution in [0.15, 0.2) is 60.7 Å². The summed E-state index contributed by atoms with van der Waals surface area (Å²) in [4.78, 5) is 3.54. The Labute approximate surface area is 168 Å². The summed E-state index contributed by atoms with van der Waals surface area (Å²) < 4.78 is 0. The number of hydrogen-bond donors (Lipinski definition) is 2. The first-order chi connectivity index (χ1) is 13.1. The zero-order valence-corrected chi connectivity index (χ0v) is 17.8. The second-order valence-electron chi connectivity index (χ2n) is 9.82. The summed E-state index contributed by atoms with van der Waals surface area (Å²) in [5, 5.41) is 6.23. The number of nitrogens with one attached hydrogen (secondary N) is 2. The van der Waals surface area contributed by atoms with E-state index in [0.717, 1.165) is 16.9 Å². The highest BCUT2D eigenvalue weighted by Gasteiger charge is 2.21. The fourth-order valence-corrected chi connectivity index (χ4v) is 3.73. The summed E-state index contributed by atoms with van der Waals surface area (Å²) in [5.74, 6) is 0. The Morgan fingerprint density at radius 2 is 1.29 bits per heavy atom. The van der Waals surface area contributed by atoms with Gasteiger partial charge in [0.15, 0.2) is 0 Å². The van der Waals surface area contributed by atoms with Crippen LogP contribution in [0.2, 0.25) is 0 Å². The number of anilines is 2. The monoisotopic (exact) mass is 370 g/mol. The molecule has 0 aliphatic carbocycles. The van der Waals surface area contributed by atoms with Crippen LogP contribution >= 0.6 is 0 Å². The van der Waals surface area contributed by atoms with Crippen LogP contribution in [-0.2, 0) is 10.8 Å². The summed E-state index contributed by atoms with van der Waals surface area (Å²) in [6, 6.07) is 21.9. The van der Waals surface area contributed by atoms with Gasteiger partial charge in [-0.2, -0.15) is 0 Å². The lowest BCUT2D eigenvalue weighted by molar-refractivity contribution is 0.569. The molecule has 2 heteroatoms. The molecule has 144 valence electrons. The first-order valence-electron chi connectivity index (χ1n) is 10.1. The summed E-state index contributed by atoms with van der Waals surface area (Å²) in [6.45, 7) is 13.7. The van der Waals surface area contributed by atoms with Crippen molar-refractivity contribution in [2.45, 2.75) is 52.4 Å². The van der Waals surface area contributed by atoms with Crippen molar-refractivity contribution < 1.29 is 0 Å². The van der Waals surface area contributed by atoms with Crippen molar-refractivity contribution >= 4 is 33.2 Å². The van der Waals surface area contributed by atoms with E-state index in [1.165, 1.54) is 27.4 Å². The maximum atomic E-state index is 3.73. The van der Waals surface area contributed by atoms with Gasteiger partial charge >= 0.3 is 0 Å². The number of hydrogen-bond acceptors (Lipinski definition) is 1. The standard InChI is InChI=1S/C26H30N2/c1-25(2,3)17-14-18(26(4,5)6)16-19(15-17)27-22-12-9-13-23-24(22)20-10-7-8-11-21(20)28-23/h7-16,27-28H,1-6H3. The van der Waals surface area contributed by atoms with E-state index in [-0.39, 0.29) is 10.8 Å². The van der Waals surface area contributed by atoms with Gasteiger partial charge in [-0.3, -0.25) is 0 Å². The van der Waals surface area contributed by atoms with Gasteiger partial charge in [0, 0.05) is 33.2 Å². The largest absolute Gasteiger partial charge is 0.355 e. The van der Waals surface area contributed by atoms with Crippen molar-refractivity contribution in [3.63, 3.8) is 0 Å². The molecule has 0 amide bonds. The predicted molar refractivity (Wildman–Crippen MR) is 123 cm³/mol. The third-order valence-electron chi connectivity index (χ3n) is 5.47. The molecular formula is C26H30N2. The number of aromatic nitrogens is 1. The van der Waals surface area contributed by atoms with E-state index in [0.29, 0.717) is 0 Å². The highest BCUT2D eigenvalue weighted by molar-refractivity contribution is 6.13. The van der Waals surface area contributed by atoms with Gasteiger partial charge in [-0.15, -0.1) is 0 Å². The van der Waals surface area contributed by atoms with Crippen molar-refractivity contribution in [2.75, 3.05) is 5.32 Å². The minimum atomic E-state index is 0.102. The average Bonchev–Trinajstić information content (AvgIpc) is 2.99. The molecule has 2 nitrogen and oxygen atoms in total. The van der Waals surface area contributed by atoms with E-state index in [2.05, 4.69) is 113 Å². The molecule has 0 atom stereocenters. The molecule has 0 fully saturated rings. The molecule has 0 saturated carbocycles. The number of aromatic amines is 1. The fourth-order valence-electron chi connectivity index (χ4n) is 3.73. The summed E-state index contributed by atoms with van der Waals surface area (Å²) >= 11 is 0. The molecular weight excluding hydrogens is 340 g/mol. The molecule has 1 heterocycles. The molecule has 0 saturated heterocycles. The van der Waals surface area contributed by atoms with Gasteiger partial charge in [0.1, 0.15) is 0 Å². The van der Waals surface area contributed by atoms with Crippen LogP contribution in [0.1, 0.15) is 52.7 Å². The Hall–Kier alpha value is -2.74. The maximum Gasteiger partial charge on any atom is 0.0485 e. The lowest BCUT2D eigenvalue weighted by Crippen LogP contribution is -2.16. The third kappa shape index (κ3) is 3.40. The molecule has 2 N–H and O–H groups in total. The van der Waals surface area contributed by atoms with Crippen LogP contribution in [0.5, 0.6) is 0 Å². The fraction of sp³-hybridized carbons (Fsp3) is 0.308. The quantitative estimate of drug-likeness (QED) is 0.372. The van der Waals surface area contributed by atoms with Gasteiger partial charge in [-0.1, -0.05) is 71.9 Å². The van der Waals surface area contributed by atoms with E-state index in [4.69, 9.17) is 0 Å². The van der Waals surface area contributed by atoms with Crippen LogP contribution in [0.4, 0.5) is 11.4 Å². The summed E-state index contributed by atoms with van der Waals surface area (Å²) in [6.07, 6.45) is 0. The van der Waals surface area contributed by atoms with Crippen molar-refractivity contribution in [3.8, 4) is 0 Å². The first-order valence-corrected chi connectivity index (χ1v) is 10.1. The van der Waals surface area contributed by atoms with Crippen LogP contribution in [0.3, 0.4) is 0 Å². The molecule has 4 rings (SSSR count). The Morgan fingerprint density at radius 1 is 0.679 bits per heavy atom. The Bertz CT molecular complexity index is 1120. The van der Waals surface area contributed by atoms with Crippen LogP contribution in [0, 0.1) is 0 Å². The number of benzene rings is 3. The molecule has 0 unspecified atom stereocenters. The smallest absolute Gasteiger partial charge is 0.0485 e. The van der Waals surface area contributed by atoms with Crippen molar-refractivity contribution in [1.82, 2.24) is 4.98 Å². The van der Waals surface area contributed by atoms with Crippen LogP contribution < -0.4 is 5.32 Å². The molecule has 28 heavy (non-hydrogen) atoms. The van der Waals surface area contributed by atoms with Gasteiger partial charge < -0.3 is 10.3 Å². The third-order valence-corrected chi connectivity index (χ3v) is 5.47. The Kier molecular flexibility index (Phi) is 4.26. The van der Waals surface area contributed by atoms with Gasteiger partial charge in [-0.05, 0) is 52.3 Å². The van der Waals surface area contributed by atoms with Crippen LogP contribution in [-0.4, -0.2) is 4.98 Å². The highest BCUT2D eigenvalue weighted by atomic mass is 14.9. The second kappa shape index (κ2) is 6.41. The van der Waals surface area contributed by atoms with Gasteiger partial charge in [0.05, 0.1) is 0 Å². The Morgan fingerprint density at radius 3 is 1.93 bits per heavy atom. The molecule has 1 aromatic heterocycles. The van der Waals surface area contributed by atoms with E-state index < -0.39 is 0 Å². The molecule has 0 aliphatic heterocycles. The number of H-pyrrole nitrogens is 1. The first kappa shape index (κ1) is 18.6. The Balaban J connectivity index is 1.87.